The molecule has 1 fully saturated rings. The van der Waals surface area contributed by atoms with Gasteiger partial charge in [-0.2, -0.15) is 4.31 Å². The molecule has 0 saturated heterocycles. The Kier molecular flexibility index (Phi) is 5.59. The van der Waals surface area contributed by atoms with Crippen molar-refractivity contribution in [2.75, 3.05) is 13.1 Å². The van der Waals surface area contributed by atoms with Gasteiger partial charge >= 0.3 is 0 Å². The van der Waals surface area contributed by atoms with Gasteiger partial charge in [-0.05, 0) is 38.0 Å². The van der Waals surface area contributed by atoms with E-state index in [1.165, 1.54) is 28.2 Å². The van der Waals surface area contributed by atoms with Crippen molar-refractivity contribution in [1.29, 1.82) is 0 Å². The molecule has 0 spiro atoms. The molecule has 0 bridgehead atoms. The SMILES string of the molecule is CCN(CC)S(=O)(=O)c1ccc2oc(S[C@@H](C)C(=O)NC3CC3)nc2c1. The van der Waals surface area contributed by atoms with Gasteiger partial charge in [0.15, 0.2) is 5.58 Å². The number of hydrogen-bond donors (Lipinski definition) is 1. The lowest BCUT2D eigenvalue weighted by Gasteiger charge is -2.18. The van der Waals surface area contributed by atoms with E-state index in [2.05, 4.69) is 10.3 Å². The summed E-state index contributed by atoms with van der Waals surface area (Å²) in [5.41, 5.74) is 0.969. The minimum absolute atomic E-state index is 0.0374. The number of sulfonamides is 1. The third-order valence-corrected chi connectivity index (χ3v) is 7.24. The largest absolute Gasteiger partial charge is 0.431 e. The smallest absolute Gasteiger partial charge is 0.257 e. The van der Waals surface area contributed by atoms with Crippen LogP contribution in [0.3, 0.4) is 0 Å². The van der Waals surface area contributed by atoms with Crippen LogP contribution in [0.4, 0.5) is 0 Å². The van der Waals surface area contributed by atoms with Crippen molar-refractivity contribution >= 4 is 38.8 Å². The first-order valence-electron chi connectivity index (χ1n) is 8.73. The average Bonchev–Trinajstić information content (AvgIpc) is 3.32. The molecule has 1 heterocycles. The molecule has 0 radical (unpaired) electrons. The second-order valence-electron chi connectivity index (χ2n) is 6.24. The summed E-state index contributed by atoms with van der Waals surface area (Å²) in [4.78, 5) is 16.6. The van der Waals surface area contributed by atoms with Crippen molar-refractivity contribution in [3.63, 3.8) is 0 Å². The summed E-state index contributed by atoms with van der Waals surface area (Å²) in [5.74, 6) is -0.0374. The maximum absolute atomic E-state index is 12.6. The number of carbonyl (C=O) groups excluding carboxylic acids is 1. The predicted octanol–water partition coefficient (Wildman–Crippen LogP) is 2.62. The number of aromatic nitrogens is 1. The second-order valence-corrected chi connectivity index (χ2v) is 9.47. The zero-order chi connectivity index (χ0) is 18.9. The minimum Gasteiger partial charge on any atom is -0.431 e. The van der Waals surface area contributed by atoms with Crippen LogP contribution in [0.1, 0.15) is 33.6 Å². The highest BCUT2D eigenvalue weighted by Gasteiger charge is 2.27. The number of oxazole rings is 1. The topological polar surface area (TPSA) is 92.5 Å². The number of benzene rings is 1. The van der Waals surface area contributed by atoms with Gasteiger partial charge in [0.25, 0.3) is 5.22 Å². The number of amides is 1. The molecule has 1 aliphatic carbocycles. The quantitative estimate of drug-likeness (QED) is 0.689. The van der Waals surface area contributed by atoms with Crippen LogP contribution >= 0.6 is 11.8 Å². The van der Waals surface area contributed by atoms with Crippen molar-refractivity contribution in [2.24, 2.45) is 0 Å². The molecule has 7 nitrogen and oxygen atoms in total. The zero-order valence-electron chi connectivity index (χ0n) is 15.1. The number of thioether (sulfide) groups is 1. The highest BCUT2D eigenvalue weighted by molar-refractivity contribution is 8.00. The Bertz CT molecular complexity index is 902. The Morgan fingerprint density at radius 2 is 2.08 bits per heavy atom. The molecule has 1 aromatic heterocycles. The van der Waals surface area contributed by atoms with E-state index in [1.54, 1.807) is 26.8 Å². The molecule has 3 rings (SSSR count). The van der Waals surface area contributed by atoms with Gasteiger partial charge < -0.3 is 9.73 Å². The molecule has 1 aromatic carbocycles. The van der Waals surface area contributed by atoms with E-state index in [9.17, 15) is 13.2 Å². The van der Waals surface area contributed by atoms with Crippen LogP contribution in [0.2, 0.25) is 0 Å². The molecule has 26 heavy (non-hydrogen) atoms. The Morgan fingerprint density at radius 1 is 1.38 bits per heavy atom. The lowest BCUT2D eigenvalue weighted by atomic mass is 10.3. The van der Waals surface area contributed by atoms with Gasteiger partial charge in [-0.25, -0.2) is 13.4 Å². The number of fused-ring (bicyclic) bond motifs is 1. The molecule has 1 amide bonds. The van der Waals surface area contributed by atoms with Crippen LogP contribution in [-0.4, -0.2) is 48.0 Å². The maximum Gasteiger partial charge on any atom is 0.257 e. The lowest BCUT2D eigenvalue weighted by molar-refractivity contribution is -0.120. The van der Waals surface area contributed by atoms with Crippen molar-refractivity contribution in [2.45, 2.75) is 55.0 Å². The van der Waals surface area contributed by atoms with Crippen LogP contribution in [0.25, 0.3) is 11.1 Å². The zero-order valence-corrected chi connectivity index (χ0v) is 16.7. The molecule has 1 atom stereocenters. The first kappa shape index (κ1) is 19.2. The van der Waals surface area contributed by atoms with E-state index in [4.69, 9.17) is 4.42 Å². The maximum atomic E-state index is 12.6. The van der Waals surface area contributed by atoms with Gasteiger partial charge in [0, 0.05) is 19.1 Å². The summed E-state index contributed by atoms with van der Waals surface area (Å²) in [5, 5.41) is 2.97. The fourth-order valence-corrected chi connectivity index (χ4v) is 4.81. The molecule has 2 aromatic rings. The molecular weight excluding hydrogens is 374 g/mol. The number of rotatable bonds is 8. The van der Waals surface area contributed by atoms with E-state index >= 15 is 0 Å². The Balaban J connectivity index is 1.79. The highest BCUT2D eigenvalue weighted by Crippen LogP contribution is 2.29. The molecule has 0 aliphatic heterocycles. The predicted molar refractivity (Wildman–Crippen MR) is 101 cm³/mol. The van der Waals surface area contributed by atoms with Crippen molar-refractivity contribution in [1.82, 2.24) is 14.6 Å². The van der Waals surface area contributed by atoms with Gasteiger partial charge in [0.1, 0.15) is 5.52 Å². The fraction of sp³-hybridized carbons (Fsp3) is 0.529. The first-order valence-corrected chi connectivity index (χ1v) is 11.0. The van der Waals surface area contributed by atoms with Gasteiger partial charge in [-0.1, -0.05) is 25.6 Å². The Hall–Kier alpha value is -1.58. The van der Waals surface area contributed by atoms with Crippen molar-refractivity contribution in [3.05, 3.63) is 18.2 Å². The molecule has 9 heteroatoms. The van der Waals surface area contributed by atoms with E-state index in [0.717, 1.165) is 12.8 Å². The third kappa shape index (κ3) is 4.05. The number of nitrogens with one attached hydrogen (secondary N) is 1. The molecule has 0 unspecified atom stereocenters. The highest BCUT2D eigenvalue weighted by atomic mass is 32.2. The van der Waals surface area contributed by atoms with Gasteiger partial charge in [0.2, 0.25) is 15.9 Å². The third-order valence-electron chi connectivity index (χ3n) is 4.25. The van der Waals surface area contributed by atoms with Gasteiger partial charge in [-0.3, -0.25) is 4.79 Å². The van der Waals surface area contributed by atoms with Crippen LogP contribution in [-0.2, 0) is 14.8 Å². The van der Waals surface area contributed by atoms with Crippen LogP contribution in [0.5, 0.6) is 0 Å². The lowest BCUT2D eigenvalue weighted by Crippen LogP contribution is -2.32. The Labute approximate surface area is 157 Å². The van der Waals surface area contributed by atoms with Crippen LogP contribution in [0, 0.1) is 0 Å². The van der Waals surface area contributed by atoms with E-state index in [-0.39, 0.29) is 16.1 Å². The van der Waals surface area contributed by atoms with E-state index in [1.807, 2.05) is 0 Å². The molecule has 1 N–H and O–H groups in total. The number of hydrogen-bond acceptors (Lipinski definition) is 6. The van der Waals surface area contributed by atoms with E-state index in [0.29, 0.717) is 35.5 Å². The van der Waals surface area contributed by atoms with Gasteiger partial charge in [0.05, 0.1) is 10.1 Å². The van der Waals surface area contributed by atoms with Crippen LogP contribution < -0.4 is 5.32 Å². The summed E-state index contributed by atoms with van der Waals surface area (Å²) in [6, 6.07) is 4.96. The van der Waals surface area contributed by atoms with Crippen molar-refractivity contribution < 1.29 is 17.6 Å². The number of carbonyl (C=O) groups is 1. The molecule has 142 valence electrons. The molecule has 1 saturated carbocycles. The molecule has 1 aliphatic rings. The first-order chi connectivity index (χ1) is 12.3. The van der Waals surface area contributed by atoms with Crippen molar-refractivity contribution in [3.8, 4) is 0 Å². The van der Waals surface area contributed by atoms with Crippen LogP contribution in [0.15, 0.2) is 32.7 Å². The summed E-state index contributed by atoms with van der Waals surface area (Å²) < 4.78 is 32.3. The normalized spacial score (nSPS) is 16.2. The summed E-state index contributed by atoms with van der Waals surface area (Å²) in [6.45, 7) is 6.22. The van der Waals surface area contributed by atoms with E-state index < -0.39 is 10.0 Å². The number of nitrogens with zero attached hydrogens (tertiary/aromatic N) is 2. The minimum atomic E-state index is -3.55. The summed E-state index contributed by atoms with van der Waals surface area (Å²) >= 11 is 1.23. The monoisotopic (exact) mass is 397 g/mol. The van der Waals surface area contributed by atoms with Gasteiger partial charge in [-0.15, -0.1) is 0 Å². The standard InChI is InChI=1S/C17H23N3O4S2/c1-4-20(5-2)26(22,23)13-8-9-15-14(10-13)19-17(24-15)25-11(3)16(21)18-12-6-7-12/h8-12H,4-7H2,1-3H3,(H,18,21)/t11-/m0/s1. The Morgan fingerprint density at radius 3 is 2.69 bits per heavy atom. The summed E-state index contributed by atoms with van der Waals surface area (Å²) in [6.07, 6.45) is 2.08. The average molecular weight is 398 g/mol. The fourth-order valence-electron chi connectivity index (χ4n) is 2.56. The molecular formula is C17H23N3O4S2. The summed E-state index contributed by atoms with van der Waals surface area (Å²) in [7, 11) is -3.55. The second kappa shape index (κ2) is 7.58.